The summed E-state index contributed by atoms with van der Waals surface area (Å²) in [5.41, 5.74) is 5.94. The third kappa shape index (κ3) is 5.08. The number of pyridine rings is 1. The lowest BCUT2D eigenvalue weighted by Gasteiger charge is -2.39. The van der Waals surface area contributed by atoms with Gasteiger partial charge in [0.15, 0.2) is 5.82 Å². The number of benzene rings is 3. The number of aryl methyl sites for hydroxylation is 2. The van der Waals surface area contributed by atoms with Gasteiger partial charge < -0.3 is 14.6 Å². The van der Waals surface area contributed by atoms with E-state index in [0.717, 1.165) is 54.0 Å². The van der Waals surface area contributed by atoms with E-state index in [0.29, 0.717) is 17.9 Å². The molecule has 0 radical (unpaired) electrons. The Morgan fingerprint density at radius 2 is 1.65 bits per heavy atom. The van der Waals surface area contributed by atoms with E-state index in [9.17, 15) is 4.79 Å². The van der Waals surface area contributed by atoms with Gasteiger partial charge in [0.25, 0.3) is 5.56 Å². The Bertz CT molecular complexity index is 1670. The fourth-order valence-corrected chi connectivity index (χ4v) is 5.50. The number of ether oxygens (including phenoxy) is 1. The Morgan fingerprint density at radius 3 is 2.38 bits per heavy atom. The van der Waals surface area contributed by atoms with E-state index in [2.05, 4.69) is 74.5 Å². The molecule has 0 bridgehead atoms. The van der Waals surface area contributed by atoms with Gasteiger partial charge in [0, 0.05) is 42.9 Å². The standard InChI is InChI=1S/C31H33N7O2/c1-21-17-24-19-27(31(39)32-28(24)18-22(21)2)29(37-15-13-36(14-16-37)25-7-5-4-6-8-25)30-33-34-35-38(30)20-23-9-11-26(40-3)12-10-23/h4-12,17-19,29H,13-16,20H2,1-3H3,(H,32,39). The molecule has 1 N–H and O–H groups in total. The summed E-state index contributed by atoms with van der Waals surface area (Å²) in [7, 11) is 1.65. The molecule has 1 atom stereocenters. The molecule has 40 heavy (non-hydrogen) atoms. The van der Waals surface area contributed by atoms with E-state index >= 15 is 0 Å². The number of methoxy groups -OCH3 is 1. The van der Waals surface area contributed by atoms with Crippen molar-refractivity contribution >= 4 is 16.6 Å². The van der Waals surface area contributed by atoms with E-state index in [1.807, 2.05) is 42.5 Å². The van der Waals surface area contributed by atoms with Crippen LogP contribution in [0.15, 0.2) is 77.6 Å². The smallest absolute Gasteiger partial charge is 0.253 e. The van der Waals surface area contributed by atoms with Crippen molar-refractivity contribution in [2.45, 2.75) is 26.4 Å². The molecule has 9 heteroatoms. The first-order valence-corrected chi connectivity index (χ1v) is 13.6. The third-order valence-electron chi connectivity index (χ3n) is 7.88. The van der Waals surface area contributed by atoms with Gasteiger partial charge >= 0.3 is 0 Å². The zero-order valence-corrected chi connectivity index (χ0v) is 23.0. The van der Waals surface area contributed by atoms with Gasteiger partial charge in [-0.25, -0.2) is 4.68 Å². The molecule has 0 aliphatic carbocycles. The lowest BCUT2D eigenvalue weighted by Crippen LogP contribution is -2.49. The Kier molecular flexibility index (Phi) is 7.04. The number of anilines is 1. The van der Waals surface area contributed by atoms with Crippen LogP contribution in [0.4, 0.5) is 5.69 Å². The SMILES string of the molecule is COc1ccc(Cn2nnnc2C(c2cc3cc(C)c(C)cc3[nH]c2=O)N2CCN(c3ccccc3)CC2)cc1. The highest BCUT2D eigenvalue weighted by Crippen LogP contribution is 2.30. The molecule has 1 fully saturated rings. The van der Waals surface area contributed by atoms with Crippen molar-refractivity contribution in [3.63, 3.8) is 0 Å². The Hall–Kier alpha value is -4.50. The second-order valence-electron chi connectivity index (χ2n) is 10.4. The summed E-state index contributed by atoms with van der Waals surface area (Å²) in [4.78, 5) is 21.5. The average molecular weight is 536 g/mol. The van der Waals surface area contributed by atoms with Gasteiger partial charge in [-0.1, -0.05) is 30.3 Å². The van der Waals surface area contributed by atoms with E-state index < -0.39 is 6.04 Å². The van der Waals surface area contributed by atoms with Crippen molar-refractivity contribution in [1.82, 2.24) is 30.1 Å². The van der Waals surface area contributed by atoms with E-state index in [4.69, 9.17) is 4.74 Å². The van der Waals surface area contributed by atoms with Crippen LogP contribution in [-0.2, 0) is 6.54 Å². The third-order valence-corrected chi connectivity index (χ3v) is 7.88. The minimum Gasteiger partial charge on any atom is -0.497 e. The molecule has 204 valence electrons. The molecule has 6 rings (SSSR count). The highest BCUT2D eigenvalue weighted by Gasteiger charge is 2.33. The first-order valence-electron chi connectivity index (χ1n) is 13.6. The van der Waals surface area contributed by atoms with Crippen LogP contribution in [0.2, 0.25) is 0 Å². The van der Waals surface area contributed by atoms with E-state index in [1.54, 1.807) is 11.8 Å². The lowest BCUT2D eigenvalue weighted by atomic mass is 10.00. The molecule has 1 saturated heterocycles. The summed E-state index contributed by atoms with van der Waals surface area (Å²) in [6, 6.07) is 24.1. The maximum Gasteiger partial charge on any atom is 0.253 e. The number of piperazine rings is 1. The fraction of sp³-hybridized carbons (Fsp3) is 0.290. The Balaban J connectivity index is 1.39. The lowest BCUT2D eigenvalue weighted by molar-refractivity contribution is 0.200. The molecular formula is C31H33N7O2. The topological polar surface area (TPSA) is 92.2 Å². The van der Waals surface area contributed by atoms with Crippen molar-refractivity contribution < 1.29 is 4.74 Å². The molecule has 1 aliphatic heterocycles. The Morgan fingerprint density at radius 1 is 0.925 bits per heavy atom. The minimum absolute atomic E-state index is 0.120. The fourth-order valence-electron chi connectivity index (χ4n) is 5.50. The number of hydrogen-bond donors (Lipinski definition) is 1. The van der Waals surface area contributed by atoms with Crippen molar-refractivity contribution in [2.75, 3.05) is 38.2 Å². The average Bonchev–Trinajstić information content (AvgIpc) is 3.43. The molecule has 5 aromatic rings. The number of aromatic amines is 1. The summed E-state index contributed by atoms with van der Waals surface area (Å²) < 4.78 is 7.12. The predicted molar refractivity (Wildman–Crippen MR) is 156 cm³/mol. The summed E-state index contributed by atoms with van der Waals surface area (Å²) in [5, 5.41) is 13.9. The molecule has 1 aliphatic rings. The van der Waals surface area contributed by atoms with Crippen LogP contribution in [0.1, 0.15) is 34.1 Å². The zero-order valence-electron chi connectivity index (χ0n) is 23.0. The maximum atomic E-state index is 13.7. The van der Waals surface area contributed by atoms with Gasteiger partial charge in [-0.3, -0.25) is 9.69 Å². The highest BCUT2D eigenvalue weighted by molar-refractivity contribution is 5.81. The van der Waals surface area contributed by atoms with Crippen LogP contribution in [0.25, 0.3) is 10.9 Å². The number of nitrogens with zero attached hydrogens (tertiary/aromatic N) is 6. The molecule has 3 aromatic carbocycles. The molecule has 0 saturated carbocycles. The molecule has 2 aromatic heterocycles. The van der Waals surface area contributed by atoms with Gasteiger partial charge in [-0.05, 0) is 88.8 Å². The second-order valence-corrected chi connectivity index (χ2v) is 10.4. The number of para-hydroxylation sites is 1. The molecular weight excluding hydrogens is 502 g/mol. The first-order chi connectivity index (χ1) is 19.5. The van der Waals surface area contributed by atoms with Crippen molar-refractivity contribution in [3.05, 3.63) is 111 Å². The number of nitrogens with one attached hydrogen (secondary N) is 1. The minimum atomic E-state index is -0.402. The van der Waals surface area contributed by atoms with Crippen molar-refractivity contribution in [2.24, 2.45) is 0 Å². The van der Waals surface area contributed by atoms with E-state index in [-0.39, 0.29) is 5.56 Å². The first kappa shape index (κ1) is 25.8. The summed E-state index contributed by atoms with van der Waals surface area (Å²) in [6.45, 7) is 7.84. The van der Waals surface area contributed by atoms with Gasteiger partial charge in [0.1, 0.15) is 11.8 Å². The maximum absolute atomic E-state index is 13.7. The second kappa shape index (κ2) is 10.9. The van der Waals surface area contributed by atoms with Crippen LogP contribution in [0, 0.1) is 13.8 Å². The van der Waals surface area contributed by atoms with Crippen molar-refractivity contribution in [3.8, 4) is 5.75 Å². The van der Waals surface area contributed by atoms with Gasteiger partial charge in [0.2, 0.25) is 0 Å². The number of fused-ring (bicyclic) bond motifs is 1. The molecule has 0 spiro atoms. The van der Waals surface area contributed by atoms with Crippen LogP contribution in [-0.4, -0.2) is 63.4 Å². The molecule has 3 heterocycles. The zero-order chi connectivity index (χ0) is 27.6. The predicted octanol–water partition coefficient (Wildman–Crippen LogP) is 4.10. The number of tetrazole rings is 1. The number of H-pyrrole nitrogens is 1. The van der Waals surface area contributed by atoms with Crippen LogP contribution in [0.3, 0.4) is 0 Å². The monoisotopic (exact) mass is 535 g/mol. The largest absolute Gasteiger partial charge is 0.497 e. The van der Waals surface area contributed by atoms with Gasteiger partial charge in [-0.2, -0.15) is 0 Å². The van der Waals surface area contributed by atoms with Crippen LogP contribution < -0.4 is 15.2 Å². The van der Waals surface area contributed by atoms with Crippen LogP contribution >= 0.6 is 0 Å². The molecule has 0 amide bonds. The molecule has 9 nitrogen and oxygen atoms in total. The van der Waals surface area contributed by atoms with Gasteiger partial charge in [-0.15, -0.1) is 5.10 Å². The van der Waals surface area contributed by atoms with Crippen molar-refractivity contribution in [1.29, 1.82) is 0 Å². The molecule has 1 unspecified atom stereocenters. The number of hydrogen-bond acceptors (Lipinski definition) is 7. The quantitative estimate of drug-likeness (QED) is 0.336. The normalized spacial score (nSPS) is 14.9. The van der Waals surface area contributed by atoms with Gasteiger partial charge in [0.05, 0.1) is 13.7 Å². The summed E-state index contributed by atoms with van der Waals surface area (Å²) in [5.74, 6) is 1.45. The van der Waals surface area contributed by atoms with Crippen LogP contribution in [0.5, 0.6) is 5.75 Å². The van der Waals surface area contributed by atoms with E-state index in [1.165, 1.54) is 11.3 Å². The Labute approximate surface area is 233 Å². The number of aromatic nitrogens is 5. The highest BCUT2D eigenvalue weighted by atomic mass is 16.5. The summed E-state index contributed by atoms with van der Waals surface area (Å²) in [6.07, 6.45) is 0. The number of rotatable bonds is 7. The summed E-state index contributed by atoms with van der Waals surface area (Å²) >= 11 is 0.